The van der Waals surface area contributed by atoms with E-state index in [0.29, 0.717) is 0 Å². The molecule has 0 radical (unpaired) electrons. The highest BCUT2D eigenvalue weighted by Gasteiger charge is 2.47. The van der Waals surface area contributed by atoms with Crippen molar-refractivity contribution in [1.82, 2.24) is 0 Å². The zero-order valence-corrected chi connectivity index (χ0v) is 21.9. The number of aromatic hydroxyl groups is 3. The fraction of sp³-hybridized carbons (Fsp3) is 0.444. The van der Waals surface area contributed by atoms with Crippen LogP contribution in [0.4, 0.5) is 0 Å². The number of aliphatic hydroxyl groups excluding tert-OH is 6. The minimum atomic E-state index is -1.92. The molecule has 0 amide bonds. The third kappa shape index (κ3) is 5.49. The van der Waals surface area contributed by atoms with Crippen LogP contribution in [-0.2, 0) is 14.2 Å². The number of rotatable bonds is 6. The van der Waals surface area contributed by atoms with Crippen LogP contribution in [0.15, 0.2) is 45.6 Å². The number of benzene rings is 2. The van der Waals surface area contributed by atoms with E-state index in [1.165, 1.54) is 31.2 Å². The van der Waals surface area contributed by atoms with Crippen molar-refractivity contribution in [2.24, 2.45) is 0 Å². The molecule has 228 valence electrons. The Hall–Kier alpha value is -3.51. The number of phenolic OH excluding ortho intramolecular Hbond substituents is 3. The Morgan fingerprint density at radius 3 is 2.10 bits per heavy atom. The number of ether oxygens (including phenoxy) is 4. The summed E-state index contributed by atoms with van der Waals surface area (Å²) in [6, 6.07) is 7.33. The minimum absolute atomic E-state index is 0.103. The minimum Gasteiger partial charge on any atom is -0.508 e. The summed E-state index contributed by atoms with van der Waals surface area (Å²) in [5.41, 5.74) is -0.956. The van der Waals surface area contributed by atoms with E-state index in [9.17, 15) is 50.8 Å². The summed E-state index contributed by atoms with van der Waals surface area (Å²) in [6.45, 7) is 0.866. The van der Waals surface area contributed by atoms with Gasteiger partial charge in [0.15, 0.2) is 12.1 Å². The van der Waals surface area contributed by atoms with Crippen LogP contribution < -0.4 is 10.2 Å². The molecule has 0 aliphatic carbocycles. The standard InChI is InChI=1S/C27H30O15/c1-9-17(31)20(34)22(36)26(39-9)38-8-15-18(32)21(35)23(37)27(41-15)42-25-19(33)16-13(30)6-12(29)7-14(16)40-24(25)10-2-4-11(28)5-3-10/h2-7,9,15,17-18,20-23,26-32,34-37H,8H2,1H3/t9-,15-,17+,18-,20-,21-,22-,23-,26+,27-/m0/s1. The topological polar surface area (TPSA) is 249 Å². The van der Waals surface area contributed by atoms with Gasteiger partial charge in [0.1, 0.15) is 70.9 Å². The Morgan fingerprint density at radius 1 is 0.762 bits per heavy atom. The molecule has 2 aromatic carbocycles. The SMILES string of the molecule is C[C@@H]1O[C@@H](OC[C@@H]2O[C@@H](Oc3c(-c4ccc(O)cc4)oc4cc(O)cc(O)c4c3=O)[C@@H](O)[C@@H](O)[C@H]2O)[C@@H](O)[C@@H](O)[C@@H]1O. The molecule has 0 spiro atoms. The predicted octanol–water partition coefficient (Wildman–Crippen LogP) is -1.39. The van der Waals surface area contributed by atoms with Gasteiger partial charge in [0.25, 0.3) is 0 Å². The first kappa shape index (κ1) is 30.0. The summed E-state index contributed by atoms with van der Waals surface area (Å²) in [7, 11) is 0. The van der Waals surface area contributed by atoms with E-state index in [1.54, 1.807) is 0 Å². The monoisotopic (exact) mass is 594 g/mol. The lowest BCUT2D eigenvalue weighted by molar-refractivity contribution is -0.318. The third-order valence-corrected chi connectivity index (χ3v) is 7.18. The van der Waals surface area contributed by atoms with Crippen molar-refractivity contribution in [1.29, 1.82) is 0 Å². The van der Waals surface area contributed by atoms with Crippen LogP contribution in [0.2, 0.25) is 0 Å². The van der Waals surface area contributed by atoms with Crippen molar-refractivity contribution in [2.75, 3.05) is 6.61 Å². The number of fused-ring (bicyclic) bond motifs is 1. The number of hydrogen-bond acceptors (Lipinski definition) is 15. The molecule has 1 aromatic heterocycles. The lowest BCUT2D eigenvalue weighted by Gasteiger charge is -2.42. The van der Waals surface area contributed by atoms with Gasteiger partial charge in [-0.1, -0.05) is 0 Å². The molecular formula is C27H30O15. The van der Waals surface area contributed by atoms with Gasteiger partial charge in [-0.2, -0.15) is 0 Å². The van der Waals surface area contributed by atoms with Gasteiger partial charge in [-0.05, 0) is 31.2 Å². The van der Waals surface area contributed by atoms with E-state index in [0.717, 1.165) is 12.1 Å². The quantitative estimate of drug-likeness (QED) is 0.159. The van der Waals surface area contributed by atoms with E-state index in [2.05, 4.69) is 0 Å². The van der Waals surface area contributed by atoms with E-state index in [4.69, 9.17) is 23.4 Å². The molecule has 3 heterocycles. The van der Waals surface area contributed by atoms with Gasteiger partial charge in [0, 0.05) is 17.7 Å². The van der Waals surface area contributed by atoms with Gasteiger partial charge in [-0.3, -0.25) is 4.79 Å². The smallest absolute Gasteiger partial charge is 0.239 e. The molecule has 0 unspecified atom stereocenters. The van der Waals surface area contributed by atoms with Gasteiger partial charge < -0.3 is 69.3 Å². The molecule has 2 aliphatic rings. The highest BCUT2D eigenvalue weighted by atomic mass is 16.7. The zero-order valence-electron chi connectivity index (χ0n) is 21.9. The summed E-state index contributed by atoms with van der Waals surface area (Å²) in [5.74, 6) is -1.97. The van der Waals surface area contributed by atoms with E-state index in [1.807, 2.05) is 0 Å². The highest BCUT2D eigenvalue weighted by Crippen LogP contribution is 2.37. The molecule has 3 aromatic rings. The van der Waals surface area contributed by atoms with Gasteiger partial charge in [-0.25, -0.2) is 0 Å². The summed E-state index contributed by atoms with van der Waals surface area (Å²) >= 11 is 0. The lowest BCUT2D eigenvalue weighted by Crippen LogP contribution is -2.61. The predicted molar refractivity (Wildman–Crippen MR) is 139 cm³/mol. The second kappa shape index (κ2) is 11.6. The number of hydrogen-bond donors (Lipinski definition) is 9. The Labute approximate surface area is 236 Å². The molecule has 2 saturated heterocycles. The fourth-order valence-electron chi connectivity index (χ4n) is 4.79. The van der Waals surface area contributed by atoms with Crippen molar-refractivity contribution in [2.45, 2.75) is 68.3 Å². The van der Waals surface area contributed by atoms with Gasteiger partial charge in [-0.15, -0.1) is 0 Å². The summed E-state index contributed by atoms with van der Waals surface area (Å²) in [4.78, 5) is 13.5. The van der Waals surface area contributed by atoms with Crippen molar-refractivity contribution in [3.8, 4) is 34.3 Å². The molecule has 15 nitrogen and oxygen atoms in total. The molecule has 5 rings (SSSR count). The molecule has 0 bridgehead atoms. The van der Waals surface area contributed by atoms with Crippen LogP contribution in [0, 0.1) is 0 Å². The first-order valence-corrected chi connectivity index (χ1v) is 12.9. The molecule has 10 atom stereocenters. The first-order valence-electron chi connectivity index (χ1n) is 12.9. The summed E-state index contributed by atoms with van der Waals surface area (Å²) in [6.07, 6.45) is -15.8. The van der Waals surface area contributed by atoms with Crippen molar-refractivity contribution >= 4 is 11.0 Å². The van der Waals surface area contributed by atoms with Crippen LogP contribution in [-0.4, -0.2) is 114 Å². The molecular weight excluding hydrogens is 564 g/mol. The maximum Gasteiger partial charge on any atom is 0.239 e. The largest absolute Gasteiger partial charge is 0.508 e. The molecule has 15 heteroatoms. The van der Waals surface area contributed by atoms with Crippen molar-refractivity contribution < 1.29 is 69.3 Å². The van der Waals surface area contributed by atoms with E-state index >= 15 is 0 Å². The number of phenols is 3. The maximum absolute atomic E-state index is 13.5. The van der Waals surface area contributed by atoms with E-state index < -0.39 is 90.7 Å². The first-order chi connectivity index (χ1) is 19.9. The Morgan fingerprint density at radius 2 is 1.40 bits per heavy atom. The van der Waals surface area contributed by atoms with Gasteiger partial charge >= 0.3 is 0 Å². The van der Waals surface area contributed by atoms with Crippen LogP contribution in [0.3, 0.4) is 0 Å². The third-order valence-electron chi connectivity index (χ3n) is 7.18. The average Bonchev–Trinajstić information content (AvgIpc) is 2.95. The zero-order chi connectivity index (χ0) is 30.5. The van der Waals surface area contributed by atoms with Gasteiger partial charge in [0.2, 0.25) is 17.5 Å². The highest BCUT2D eigenvalue weighted by molar-refractivity contribution is 5.88. The fourth-order valence-corrected chi connectivity index (χ4v) is 4.79. The summed E-state index contributed by atoms with van der Waals surface area (Å²) in [5, 5.41) is 91.4. The maximum atomic E-state index is 13.5. The number of aliphatic hydroxyl groups is 6. The molecule has 9 N–H and O–H groups in total. The second-order valence-electron chi connectivity index (χ2n) is 10.1. The molecule has 2 fully saturated rings. The second-order valence-corrected chi connectivity index (χ2v) is 10.1. The Kier molecular flexibility index (Phi) is 8.30. The van der Waals surface area contributed by atoms with E-state index in [-0.39, 0.29) is 28.0 Å². The van der Waals surface area contributed by atoms with Crippen LogP contribution in [0.5, 0.6) is 23.0 Å². The van der Waals surface area contributed by atoms with Crippen LogP contribution in [0.25, 0.3) is 22.3 Å². The van der Waals surface area contributed by atoms with Crippen molar-refractivity contribution in [3.05, 3.63) is 46.6 Å². The lowest BCUT2D eigenvalue weighted by atomic mass is 9.98. The molecule has 0 saturated carbocycles. The van der Waals surface area contributed by atoms with Crippen LogP contribution >= 0.6 is 0 Å². The Balaban J connectivity index is 1.46. The summed E-state index contributed by atoms with van der Waals surface area (Å²) < 4.78 is 28.0. The van der Waals surface area contributed by atoms with Crippen LogP contribution in [0.1, 0.15) is 6.92 Å². The normalized spacial score (nSPS) is 33.5. The average molecular weight is 595 g/mol. The molecule has 42 heavy (non-hydrogen) atoms. The Bertz CT molecular complexity index is 1470. The van der Waals surface area contributed by atoms with Crippen molar-refractivity contribution in [3.63, 3.8) is 0 Å². The van der Waals surface area contributed by atoms with Gasteiger partial charge in [0.05, 0.1) is 12.7 Å². The molecule has 2 aliphatic heterocycles.